The molecule has 0 heterocycles. The van der Waals surface area contributed by atoms with Gasteiger partial charge in [0.05, 0.1) is 4.90 Å². The number of aliphatic carboxylic acids is 1. The van der Waals surface area contributed by atoms with E-state index < -0.39 is 22.5 Å². The maximum Gasteiger partial charge on any atom is 0.318 e. The molecule has 0 spiro atoms. The summed E-state index contributed by atoms with van der Waals surface area (Å²) in [4.78, 5) is 10.4. The van der Waals surface area contributed by atoms with Crippen molar-refractivity contribution in [3.63, 3.8) is 0 Å². The number of hydrogen-bond donors (Lipinski definition) is 2. The van der Waals surface area contributed by atoms with Crippen LogP contribution in [0.1, 0.15) is 12.5 Å². The molecular formula is C10H13NO4S. The number of aryl methyl sites for hydroxylation is 1. The lowest BCUT2D eigenvalue weighted by Crippen LogP contribution is -2.30. The molecule has 0 saturated heterocycles. The maximum absolute atomic E-state index is 11.7. The van der Waals surface area contributed by atoms with Crippen molar-refractivity contribution in [2.75, 3.05) is 6.54 Å². The third-order valence-corrected chi connectivity index (χ3v) is 3.56. The Kier molecular flexibility index (Phi) is 4.03. The van der Waals surface area contributed by atoms with Crippen LogP contribution in [0.5, 0.6) is 0 Å². The molecule has 0 aromatic heterocycles. The van der Waals surface area contributed by atoms with Crippen LogP contribution in [-0.4, -0.2) is 26.0 Å². The van der Waals surface area contributed by atoms with Crippen LogP contribution >= 0.6 is 0 Å². The molecule has 0 saturated carbocycles. The summed E-state index contributed by atoms with van der Waals surface area (Å²) in [6.45, 7) is 1.23. The standard InChI is InChI=1S/C10H13NO4S/c1-2-8-5-3-4-6-9(8)16(14,15)11-7-10(12)13/h3-6,11H,2,7H2,1H3,(H,12,13). The summed E-state index contributed by atoms with van der Waals surface area (Å²) in [5, 5.41) is 8.42. The van der Waals surface area contributed by atoms with Crippen LogP contribution in [0.25, 0.3) is 0 Å². The van der Waals surface area contributed by atoms with Crippen molar-refractivity contribution in [1.82, 2.24) is 4.72 Å². The van der Waals surface area contributed by atoms with Gasteiger partial charge in [-0.05, 0) is 18.1 Å². The zero-order valence-corrected chi connectivity index (χ0v) is 9.62. The van der Waals surface area contributed by atoms with E-state index in [0.29, 0.717) is 12.0 Å². The van der Waals surface area contributed by atoms with Gasteiger partial charge in [0, 0.05) is 0 Å². The predicted octanol–water partition coefficient (Wildman–Crippen LogP) is 0.612. The van der Waals surface area contributed by atoms with Crippen molar-refractivity contribution in [2.24, 2.45) is 0 Å². The lowest BCUT2D eigenvalue weighted by atomic mass is 10.2. The van der Waals surface area contributed by atoms with Gasteiger partial charge in [0.15, 0.2) is 0 Å². The summed E-state index contributed by atoms with van der Waals surface area (Å²) < 4.78 is 25.5. The van der Waals surface area contributed by atoms with Crippen molar-refractivity contribution < 1.29 is 18.3 Å². The highest BCUT2D eigenvalue weighted by Gasteiger charge is 2.17. The van der Waals surface area contributed by atoms with Crippen LogP contribution in [0, 0.1) is 0 Å². The summed E-state index contributed by atoms with van der Waals surface area (Å²) in [5.41, 5.74) is 0.667. The molecule has 0 radical (unpaired) electrons. The average Bonchev–Trinajstić information content (AvgIpc) is 2.26. The third-order valence-electron chi connectivity index (χ3n) is 2.06. The second-order valence-electron chi connectivity index (χ2n) is 3.18. The smallest absolute Gasteiger partial charge is 0.318 e. The lowest BCUT2D eigenvalue weighted by molar-refractivity contribution is -0.135. The number of carbonyl (C=O) groups is 1. The van der Waals surface area contributed by atoms with E-state index >= 15 is 0 Å². The number of nitrogens with one attached hydrogen (secondary N) is 1. The predicted molar refractivity (Wildman–Crippen MR) is 58.6 cm³/mol. The second-order valence-corrected chi connectivity index (χ2v) is 4.91. The topological polar surface area (TPSA) is 83.5 Å². The number of rotatable bonds is 5. The number of carboxylic acids is 1. The minimum atomic E-state index is -3.73. The fourth-order valence-electron chi connectivity index (χ4n) is 1.29. The van der Waals surface area contributed by atoms with Gasteiger partial charge in [0.25, 0.3) is 0 Å². The molecule has 1 aromatic rings. The molecule has 0 bridgehead atoms. The molecule has 1 aromatic carbocycles. The van der Waals surface area contributed by atoms with Gasteiger partial charge in [-0.1, -0.05) is 25.1 Å². The van der Waals surface area contributed by atoms with Crippen LogP contribution in [0.3, 0.4) is 0 Å². The van der Waals surface area contributed by atoms with Crippen LogP contribution in [-0.2, 0) is 21.2 Å². The second kappa shape index (κ2) is 5.09. The molecule has 6 heteroatoms. The summed E-state index contributed by atoms with van der Waals surface area (Å²) >= 11 is 0. The summed E-state index contributed by atoms with van der Waals surface area (Å²) in [7, 11) is -3.73. The van der Waals surface area contributed by atoms with E-state index in [2.05, 4.69) is 0 Å². The van der Waals surface area contributed by atoms with Crippen LogP contribution in [0.2, 0.25) is 0 Å². The molecule has 0 aliphatic carbocycles. The van der Waals surface area contributed by atoms with Gasteiger partial charge in [-0.25, -0.2) is 8.42 Å². The summed E-state index contributed by atoms with van der Waals surface area (Å²) in [6.07, 6.45) is 0.574. The van der Waals surface area contributed by atoms with E-state index in [1.165, 1.54) is 6.07 Å². The summed E-state index contributed by atoms with van der Waals surface area (Å²) in [6, 6.07) is 6.52. The molecule has 16 heavy (non-hydrogen) atoms. The number of benzene rings is 1. The first-order valence-corrected chi connectivity index (χ1v) is 6.25. The lowest BCUT2D eigenvalue weighted by Gasteiger charge is -2.08. The molecule has 0 amide bonds. The van der Waals surface area contributed by atoms with E-state index in [1.807, 2.05) is 11.6 Å². The highest BCUT2D eigenvalue weighted by atomic mass is 32.2. The Hall–Kier alpha value is -1.40. The average molecular weight is 243 g/mol. The quantitative estimate of drug-likeness (QED) is 0.793. The monoisotopic (exact) mass is 243 g/mol. The van der Waals surface area contributed by atoms with Gasteiger partial charge >= 0.3 is 5.97 Å². The van der Waals surface area contributed by atoms with E-state index in [-0.39, 0.29) is 4.90 Å². The molecule has 5 nitrogen and oxygen atoms in total. The zero-order valence-electron chi connectivity index (χ0n) is 8.80. The van der Waals surface area contributed by atoms with E-state index in [4.69, 9.17) is 5.11 Å². The normalized spacial score (nSPS) is 11.3. The number of carboxylic acid groups (broad SMARTS) is 1. The van der Waals surface area contributed by atoms with Crippen LogP contribution in [0.15, 0.2) is 29.2 Å². The molecule has 0 fully saturated rings. The zero-order chi connectivity index (χ0) is 12.2. The molecule has 0 atom stereocenters. The van der Waals surface area contributed by atoms with Crippen molar-refractivity contribution in [1.29, 1.82) is 0 Å². The van der Waals surface area contributed by atoms with E-state index in [1.54, 1.807) is 18.2 Å². The molecule has 0 aliphatic rings. The molecule has 88 valence electrons. The van der Waals surface area contributed by atoms with Crippen LogP contribution < -0.4 is 4.72 Å². The SMILES string of the molecule is CCc1ccccc1S(=O)(=O)NCC(=O)O. The Bertz CT molecular complexity index is 481. The van der Waals surface area contributed by atoms with Crippen molar-refractivity contribution in [3.8, 4) is 0 Å². The first-order valence-electron chi connectivity index (χ1n) is 4.76. The fourth-order valence-corrected chi connectivity index (χ4v) is 2.58. The van der Waals surface area contributed by atoms with Gasteiger partial charge in [-0.2, -0.15) is 4.72 Å². The third kappa shape index (κ3) is 3.04. The highest BCUT2D eigenvalue weighted by Crippen LogP contribution is 2.15. The van der Waals surface area contributed by atoms with Gasteiger partial charge in [0.1, 0.15) is 6.54 Å². The summed E-state index contributed by atoms with van der Waals surface area (Å²) in [5.74, 6) is -1.21. The largest absolute Gasteiger partial charge is 0.480 e. The Morgan fingerprint density at radius 2 is 2.00 bits per heavy atom. The van der Waals surface area contributed by atoms with Gasteiger partial charge in [0.2, 0.25) is 10.0 Å². The fraction of sp³-hybridized carbons (Fsp3) is 0.300. The van der Waals surface area contributed by atoms with Crippen molar-refractivity contribution in [2.45, 2.75) is 18.2 Å². The van der Waals surface area contributed by atoms with E-state index in [0.717, 1.165) is 0 Å². The van der Waals surface area contributed by atoms with Crippen molar-refractivity contribution >= 4 is 16.0 Å². The molecule has 1 rings (SSSR count). The number of hydrogen-bond acceptors (Lipinski definition) is 3. The number of sulfonamides is 1. The van der Waals surface area contributed by atoms with Crippen LogP contribution in [0.4, 0.5) is 0 Å². The Balaban J connectivity index is 3.02. The first kappa shape index (κ1) is 12.7. The molecule has 2 N–H and O–H groups in total. The van der Waals surface area contributed by atoms with Gasteiger partial charge in [-0.3, -0.25) is 4.79 Å². The molecule has 0 aliphatic heterocycles. The van der Waals surface area contributed by atoms with E-state index in [9.17, 15) is 13.2 Å². The Labute approximate surface area is 94.2 Å². The first-order chi connectivity index (χ1) is 7.47. The minimum Gasteiger partial charge on any atom is -0.480 e. The molecule has 0 unspecified atom stereocenters. The van der Waals surface area contributed by atoms with Gasteiger partial charge in [-0.15, -0.1) is 0 Å². The Morgan fingerprint density at radius 3 is 2.56 bits per heavy atom. The molecular weight excluding hydrogens is 230 g/mol. The highest BCUT2D eigenvalue weighted by molar-refractivity contribution is 7.89. The minimum absolute atomic E-state index is 0.138. The van der Waals surface area contributed by atoms with Crippen molar-refractivity contribution in [3.05, 3.63) is 29.8 Å². The Morgan fingerprint density at radius 1 is 1.38 bits per heavy atom. The van der Waals surface area contributed by atoms with Gasteiger partial charge < -0.3 is 5.11 Å². The maximum atomic E-state index is 11.7.